The molecular formula is C28H32N4O4. The maximum absolute atomic E-state index is 13.0. The second-order valence-electron chi connectivity index (χ2n) is 9.30. The van der Waals surface area contributed by atoms with Gasteiger partial charge in [-0.15, -0.1) is 0 Å². The van der Waals surface area contributed by atoms with Crippen molar-refractivity contribution in [2.24, 2.45) is 4.99 Å². The average molecular weight is 489 g/mol. The lowest BCUT2D eigenvalue weighted by Crippen LogP contribution is -2.35. The van der Waals surface area contributed by atoms with Gasteiger partial charge in [-0.1, -0.05) is 31.0 Å². The third-order valence-corrected chi connectivity index (χ3v) is 6.85. The minimum Gasteiger partial charge on any atom is -0.493 e. The largest absolute Gasteiger partial charge is 0.493 e. The number of aromatic nitrogens is 1. The van der Waals surface area contributed by atoms with E-state index in [1.54, 1.807) is 13.2 Å². The van der Waals surface area contributed by atoms with Gasteiger partial charge in [-0.3, -0.25) is 14.6 Å². The minimum atomic E-state index is -0.0774. The number of aromatic amines is 1. The molecule has 3 heterocycles. The van der Waals surface area contributed by atoms with Gasteiger partial charge >= 0.3 is 0 Å². The maximum atomic E-state index is 13.0. The molecule has 0 radical (unpaired) electrons. The molecule has 2 aliphatic rings. The summed E-state index contributed by atoms with van der Waals surface area (Å²) >= 11 is 0. The third-order valence-electron chi connectivity index (χ3n) is 6.85. The Balaban J connectivity index is 1.05. The zero-order chi connectivity index (χ0) is 24.9. The van der Waals surface area contributed by atoms with Crippen LogP contribution in [0.5, 0.6) is 11.5 Å². The number of rotatable bonds is 10. The lowest BCUT2D eigenvalue weighted by Gasteiger charge is -2.20. The topological polar surface area (TPSA) is 96.0 Å². The summed E-state index contributed by atoms with van der Waals surface area (Å²) in [5.41, 5.74) is 2.75. The van der Waals surface area contributed by atoms with Gasteiger partial charge in [0.15, 0.2) is 11.5 Å². The standard InChI is InChI=1S/C28H32N4O4/c1-35-25-16-21-23(30-18-20-10-8-13-32(20)28(21)34)17-26(25)36-14-7-3-2-6-12-29-27(33)24-15-19-9-4-5-11-22(19)31-24/h4-5,9,11,15-18,20,31H,2-3,6-8,10,12-14H2,1H3,(H,29,33)/t20-/m0/s1. The number of hydrogen-bond donors (Lipinski definition) is 2. The number of methoxy groups -OCH3 is 1. The fourth-order valence-corrected chi connectivity index (χ4v) is 4.88. The minimum absolute atomic E-state index is 0.00600. The molecule has 0 unspecified atom stereocenters. The summed E-state index contributed by atoms with van der Waals surface area (Å²) in [6.07, 6.45) is 7.61. The number of amides is 2. The van der Waals surface area contributed by atoms with Crippen LogP contribution in [0, 0.1) is 0 Å². The van der Waals surface area contributed by atoms with Crippen molar-refractivity contribution >= 4 is 34.6 Å². The number of benzene rings is 2. The highest BCUT2D eigenvalue weighted by atomic mass is 16.5. The molecule has 2 aromatic carbocycles. The Morgan fingerprint density at radius 1 is 1.14 bits per heavy atom. The van der Waals surface area contributed by atoms with E-state index in [9.17, 15) is 9.59 Å². The van der Waals surface area contributed by atoms with Crippen molar-refractivity contribution in [1.29, 1.82) is 0 Å². The third kappa shape index (κ3) is 5.08. The Bertz CT molecular complexity index is 1250. The summed E-state index contributed by atoms with van der Waals surface area (Å²) in [6.45, 7) is 1.95. The zero-order valence-electron chi connectivity index (χ0n) is 20.6. The molecule has 188 valence electrons. The molecule has 1 aromatic heterocycles. The normalized spacial score (nSPS) is 16.5. The summed E-state index contributed by atoms with van der Waals surface area (Å²) in [7, 11) is 1.59. The molecule has 1 saturated heterocycles. The van der Waals surface area contributed by atoms with Gasteiger partial charge in [0.05, 0.1) is 31.0 Å². The number of para-hydroxylation sites is 1. The monoisotopic (exact) mass is 488 g/mol. The molecule has 3 aromatic rings. The van der Waals surface area contributed by atoms with Crippen LogP contribution in [0.25, 0.3) is 10.9 Å². The molecule has 8 heteroatoms. The molecule has 1 fully saturated rings. The highest BCUT2D eigenvalue weighted by Gasteiger charge is 2.32. The summed E-state index contributed by atoms with van der Waals surface area (Å²) < 4.78 is 11.5. The van der Waals surface area contributed by atoms with Crippen LogP contribution in [0.15, 0.2) is 47.5 Å². The first-order chi connectivity index (χ1) is 17.6. The van der Waals surface area contributed by atoms with Crippen LogP contribution in [0.3, 0.4) is 0 Å². The van der Waals surface area contributed by atoms with E-state index in [-0.39, 0.29) is 17.9 Å². The second-order valence-corrected chi connectivity index (χ2v) is 9.30. The van der Waals surface area contributed by atoms with E-state index in [0.29, 0.717) is 41.6 Å². The van der Waals surface area contributed by atoms with Gasteiger partial charge in [0, 0.05) is 36.3 Å². The number of aliphatic imine (C=N–C) groups is 1. The van der Waals surface area contributed by atoms with Gasteiger partial charge in [0.1, 0.15) is 5.69 Å². The number of carbonyl (C=O) groups excluding carboxylic acids is 2. The molecule has 0 bridgehead atoms. The number of hydrogen-bond acceptors (Lipinski definition) is 5. The molecule has 2 amide bonds. The molecule has 0 spiro atoms. The lowest BCUT2D eigenvalue weighted by molar-refractivity contribution is 0.0774. The van der Waals surface area contributed by atoms with Crippen LogP contribution in [-0.4, -0.2) is 60.8 Å². The lowest BCUT2D eigenvalue weighted by atomic mass is 10.1. The number of nitrogens with zero attached hydrogens (tertiary/aromatic N) is 2. The Hall–Kier alpha value is -3.81. The quantitative estimate of drug-likeness (QED) is 0.398. The second kappa shape index (κ2) is 10.8. The van der Waals surface area contributed by atoms with Crippen LogP contribution in [0.2, 0.25) is 0 Å². The smallest absolute Gasteiger partial charge is 0.267 e. The van der Waals surface area contributed by atoms with E-state index in [2.05, 4.69) is 15.3 Å². The Morgan fingerprint density at radius 2 is 2.00 bits per heavy atom. The Morgan fingerprint density at radius 3 is 2.86 bits per heavy atom. The molecule has 5 rings (SSSR count). The van der Waals surface area contributed by atoms with Crippen molar-refractivity contribution in [3.63, 3.8) is 0 Å². The summed E-state index contributed by atoms with van der Waals surface area (Å²) in [6, 6.07) is 13.4. The highest BCUT2D eigenvalue weighted by Crippen LogP contribution is 2.38. The van der Waals surface area contributed by atoms with E-state index in [1.807, 2.05) is 47.5 Å². The van der Waals surface area contributed by atoms with Crippen LogP contribution in [-0.2, 0) is 0 Å². The van der Waals surface area contributed by atoms with Crippen molar-refractivity contribution in [3.05, 3.63) is 53.7 Å². The zero-order valence-corrected chi connectivity index (χ0v) is 20.6. The van der Waals surface area contributed by atoms with Gasteiger partial charge < -0.3 is 24.7 Å². The Kier molecular flexibility index (Phi) is 7.21. The molecule has 8 nitrogen and oxygen atoms in total. The summed E-state index contributed by atoms with van der Waals surface area (Å²) in [4.78, 5) is 35.0. The molecule has 36 heavy (non-hydrogen) atoms. The fourth-order valence-electron chi connectivity index (χ4n) is 4.88. The molecule has 1 atom stereocenters. The number of fused-ring (bicyclic) bond motifs is 3. The van der Waals surface area contributed by atoms with Crippen molar-refractivity contribution < 1.29 is 19.1 Å². The van der Waals surface area contributed by atoms with Gasteiger partial charge in [-0.05, 0) is 43.9 Å². The van der Waals surface area contributed by atoms with Crippen LogP contribution < -0.4 is 14.8 Å². The van der Waals surface area contributed by atoms with Crippen LogP contribution in [0.4, 0.5) is 5.69 Å². The maximum Gasteiger partial charge on any atom is 0.267 e. The SMILES string of the molecule is COc1cc2c(cc1OCCCCCCNC(=O)c1cc3ccccc3[nH]1)N=C[C@@H]1CCCN1C2=O. The number of carbonyl (C=O) groups is 2. The van der Waals surface area contributed by atoms with Crippen molar-refractivity contribution in [2.45, 2.75) is 44.6 Å². The van der Waals surface area contributed by atoms with E-state index < -0.39 is 0 Å². The van der Waals surface area contributed by atoms with Crippen LogP contribution in [0.1, 0.15) is 59.4 Å². The van der Waals surface area contributed by atoms with E-state index in [1.165, 1.54) is 0 Å². The van der Waals surface area contributed by atoms with E-state index in [4.69, 9.17) is 9.47 Å². The molecular weight excluding hydrogens is 456 g/mol. The van der Waals surface area contributed by atoms with Gasteiger partial charge in [0.25, 0.3) is 11.8 Å². The number of ether oxygens (including phenoxy) is 2. The average Bonchev–Trinajstić information content (AvgIpc) is 3.53. The number of unbranched alkanes of at least 4 members (excludes halogenated alkanes) is 3. The first-order valence-electron chi connectivity index (χ1n) is 12.7. The summed E-state index contributed by atoms with van der Waals surface area (Å²) in [5, 5.41) is 4.02. The molecule has 0 saturated carbocycles. The van der Waals surface area contributed by atoms with E-state index in [0.717, 1.165) is 56.0 Å². The first kappa shape index (κ1) is 23.9. The van der Waals surface area contributed by atoms with Crippen molar-refractivity contribution in [2.75, 3.05) is 26.8 Å². The van der Waals surface area contributed by atoms with Gasteiger partial charge in [0.2, 0.25) is 0 Å². The fraction of sp³-hybridized carbons (Fsp3) is 0.393. The summed E-state index contributed by atoms with van der Waals surface area (Å²) in [5.74, 6) is 1.08. The van der Waals surface area contributed by atoms with E-state index >= 15 is 0 Å². The Labute approximate surface area is 210 Å². The van der Waals surface area contributed by atoms with Crippen LogP contribution >= 0.6 is 0 Å². The molecule has 2 aliphatic heterocycles. The van der Waals surface area contributed by atoms with Crippen molar-refractivity contribution in [1.82, 2.24) is 15.2 Å². The predicted octanol–water partition coefficient (Wildman–Crippen LogP) is 4.87. The predicted molar refractivity (Wildman–Crippen MR) is 140 cm³/mol. The van der Waals surface area contributed by atoms with Gasteiger partial charge in [-0.2, -0.15) is 0 Å². The van der Waals surface area contributed by atoms with Crippen molar-refractivity contribution in [3.8, 4) is 11.5 Å². The molecule has 2 N–H and O–H groups in total. The van der Waals surface area contributed by atoms with Gasteiger partial charge in [-0.25, -0.2) is 0 Å². The number of nitrogens with one attached hydrogen (secondary N) is 2. The first-order valence-corrected chi connectivity index (χ1v) is 12.7. The number of H-pyrrole nitrogens is 1. The highest BCUT2D eigenvalue weighted by molar-refractivity contribution is 6.03. The molecule has 0 aliphatic carbocycles.